The molecule has 1 spiro atoms. The standard InChI is InChI=1S/C19H20NOS2/c21-18-14-7-2-1-6-13(14)17-12-19(22-10-5-11-23-19)15-8-3-4-9-16(15)20(17)18/h1-3,6-7,12,15-16H,4-5,8-11H2/q+1/t15-,16-/m1/s1. The highest BCUT2D eigenvalue weighted by Crippen LogP contribution is 2.59. The van der Waals surface area contributed by atoms with E-state index in [0.717, 1.165) is 30.4 Å². The highest BCUT2D eigenvalue weighted by Gasteiger charge is 2.55. The zero-order valence-electron chi connectivity index (χ0n) is 13.0. The quantitative estimate of drug-likeness (QED) is 0.650. The topological polar surface area (TPSA) is 20.3 Å². The Labute approximate surface area is 146 Å². The van der Waals surface area contributed by atoms with E-state index in [9.17, 15) is 4.79 Å². The molecule has 23 heavy (non-hydrogen) atoms. The van der Waals surface area contributed by atoms with E-state index in [1.807, 2.05) is 12.1 Å². The van der Waals surface area contributed by atoms with Gasteiger partial charge in [0.2, 0.25) is 0 Å². The maximum atomic E-state index is 13.0. The van der Waals surface area contributed by atoms with Crippen LogP contribution < -0.4 is 0 Å². The van der Waals surface area contributed by atoms with Crippen LogP contribution >= 0.6 is 23.5 Å². The molecule has 1 aliphatic carbocycles. The maximum Gasteiger partial charge on any atom is 0.259 e. The van der Waals surface area contributed by atoms with Crippen LogP contribution in [-0.2, 0) is 0 Å². The third-order valence-electron chi connectivity index (χ3n) is 5.59. The van der Waals surface area contributed by atoms with Crippen molar-refractivity contribution in [2.75, 3.05) is 11.5 Å². The number of benzene rings is 1. The van der Waals surface area contributed by atoms with Crippen molar-refractivity contribution in [2.45, 2.75) is 35.8 Å². The second-order valence-electron chi connectivity index (χ2n) is 6.80. The second kappa shape index (κ2) is 5.25. The van der Waals surface area contributed by atoms with Crippen molar-refractivity contribution >= 4 is 35.1 Å². The van der Waals surface area contributed by atoms with Gasteiger partial charge in [-0.05, 0) is 30.1 Å². The lowest BCUT2D eigenvalue weighted by Crippen LogP contribution is -2.53. The van der Waals surface area contributed by atoms with Gasteiger partial charge in [-0.3, -0.25) is 4.79 Å². The molecular formula is C19H20NOS2+. The lowest BCUT2D eigenvalue weighted by molar-refractivity contribution is 0.0715. The molecule has 1 saturated heterocycles. The van der Waals surface area contributed by atoms with Gasteiger partial charge in [0.1, 0.15) is 0 Å². The molecule has 0 radical (unpaired) electrons. The van der Waals surface area contributed by atoms with Crippen molar-refractivity contribution in [3.8, 4) is 0 Å². The highest BCUT2D eigenvalue weighted by atomic mass is 32.2. The highest BCUT2D eigenvalue weighted by molar-refractivity contribution is 8.19. The van der Waals surface area contributed by atoms with Gasteiger partial charge in [0.25, 0.3) is 5.91 Å². The Bertz CT molecular complexity index is 692. The molecule has 0 unspecified atom stereocenters. The molecule has 2 atom stereocenters. The van der Waals surface area contributed by atoms with Crippen molar-refractivity contribution in [2.24, 2.45) is 5.92 Å². The predicted octanol–water partition coefficient (Wildman–Crippen LogP) is 4.44. The van der Waals surface area contributed by atoms with Crippen molar-refractivity contribution in [1.29, 1.82) is 0 Å². The van der Waals surface area contributed by atoms with E-state index < -0.39 is 0 Å². The summed E-state index contributed by atoms with van der Waals surface area (Å²) in [6, 6.07) is 8.54. The lowest BCUT2D eigenvalue weighted by Gasteiger charge is -2.50. The molecular weight excluding hydrogens is 322 g/mol. The molecule has 1 amide bonds. The van der Waals surface area contributed by atoms with Crippen molar-refractivity contribution in [3.63, 3.8) is 0 Å². The molecule has 2 fully saturated rings. The van der Waals surface area contributed by atoms with Gasteiger partial charge in [0, 0.05) is 23.5 Å². The number of amides is 1. The number of thioether (sulfide) groups is 2. The Balaban J connectivity index is 1.69. The van der Waals surface area contributed by atoms with Crippen LogP contribution in [0, 0.1) is 12.3 Å². The zero-order valence-corrected chi connectivity index (χ0v) is 14.7. The van der Waals surface area contributed by atoms with E-state index in [1.165, 1.54) is 23.6 Å². The summed E-state index contributed by atoms with van der Waals surface area (Å²) in [6.45, 7) is 0. The first-order valence-corrected chi connectivity index (χ1v) is 10.5. The molecule has 0 aromatic heterocycles. The number of hydrogen-bond donors (Lipinski definition) is 0. The van der Waals surface area contributed by atoms with Crippen LogP contribution in [0.15, 0.2) is 30.3 Å². The first kappa shape index (κ1) is 14.4. The van der Waals surface area contributed by atoms with E-state index in [1.54, 1.807) is 0 Å². The Kier molecular flexibility index (Phi) is 3.28. The normalized spacial score (nSPS) is 31.0. The van der Waals surface area contributed by atoms with Gasteiger partial charge in [-0.1, -0.05) is 18.2 Å². The molecule has 1 aromatic carbocycles. The third kappa shape index (κ3) is 1.97. The summed E-state index contributed by atoms with van der Waals surface area (Å²) in [5.74, 6) is 3.28. The maximum absolute atomic E-state index is 13.0. The predicted molar refractivity (Wildman–Crippen MR) is 98.3 cm³/mol. The summed E-state index contributed by atoms with van der Waals surface area (Å²) in [4.78, 5) is 15.2. The number of rotatable bonds is 0. The molecule has 2 nitrogen and oxygen atoms in total. The second-order valence-corrected chi connectivity index (χ2v) is 9.80. The van der Waals surface area contributed by atoms with E-state index >= 15 is 0 Å². The Morgan fingerprint density at radius 2 is 1.96 bits per heavy atom. The summed E-state index contributed by atoms with van der Waals surface area (Å²) >= 11 is 4.25. The lowest BCUT2D eigenvalue weighted by atomic mass is 9.78. The first-order valence-electron chi connectivity index (χ1n) is 8.55. The Morgan fingerprint density at radius 1 is 1.17 bits per heavy atom. The van der Waals surface area contributed by atoms with Crippen molar-refractivity contribution < 1.29 is 4.79 Å². The fraction of sp³-hybridized carbons (Fsp3) is 0.474. The average molecular weight is 343 g/mol. The number of nitrogens with zero attached hydrogens (tertiary/aromatic N) is 1. The summed E-state index contributed by atoms with van der Waals surface area (Å²) in [7, 11) is 0. The fourth-order valence-electron chi connectivity index (χ4n) is 4.58. The molecule has 4 heteroatoms. The molecule has 1 aromatic rings. The number of carbonyl (C=O) groups excluding carboxylic acids is 1. The van der Waals surface area contributed by atoms with E-state index in [-0.39, 0.29) is 9.99 Å². The van der Waals surface area contributed by atoms with Gasteiger partial charge < -0.3 is 4.90 Å². The van der Waals surface area contributed by atoms with Crippen molar-refractivity contribution in [1.82, 2.24) is 4.90 Å². The first-order chi connectivity index (χ1) is 11.3. The van der Waals surface area contributed by atoms with Crippen LogP contribution in [0.1, 0.15) is 41.6 Å². The minimum atomic E-state index is 0.170. The SMILES string of the molecule is O=C1c2ccccc2C2=CC3(SCCCS3)[C@@H]3C[CH+]CC[C@H]3N12. The molecule has 0 N–H and O–H groups in total. The molecule has 118 valence electrons. The van der Waals surface area contributed by atoms with E-state index in [2.05, 4.69) is 53.1 Å². The molecule has 1 saturated carbocycles. The van der Waals surface area contributed by atoms with Crippen LogP contribution in [0.2, 0.25) is 0 Å². The van der Waals surface area contributed by atoms with Crippen LogP contribution in [0.5, 0.6) is 0 Å². The smallest absolute Gasteiger partial charge is 0.259 e. The minimum Gasteiger partial charge on any atom is -0.304 e. The van der Waals surface area contributed by atoms with E-state index in [0.29, 0.717) is 12.0 Å². The van der Waals surface area contributed by atoms with Crippen LogP contribution in [0.4, 0.5) is 0 Å². The summed E-state index contributed by atoms with van der Waals surface area (Å²) in [5.41, 5.74) is 3.24. The summed E-state index contributed by atoms with van der Waals surface area (Å²) in [5, 5.41) is 0. The molecule has 5 rings (SSSR count). The number of carbonyl (C=O) groups is 1. The monoisotopic (exact) mass is 342 g/mol. The molecule has 0 bridgehead atoms. The zero-order chi connectivity index (χ0) is 15.4. The molecule has 4 aliphatic rings. The van der Waals surface area contributed by atoms with Crippen molar-refractivity contribution in [3.05, 3.63) is 47.9 Å². The van der Waals surface area contributed by atoms with Gasteiger partial charge in [0.15, 0.2) is 0 Å². The van der Waals surface area contributed by atoms with Crippen LogP contribution in [0.3, 0.4) is 0 Å². The Hall–Kier alpha value is -1.00. The van der Waals surface area contributed by atoms with Gasteiger partial charge in [-0.2, -0.15) is 0 Å². The van der Waals surface area contributed by atoms with Gasteiger partial charge >= 0.3 is 0 Å². The summed E-state index contributed by atoms with van der Waals surface area (Å²) in [6.07, 6.45) is 9.61. The van der Waals surface area contributed by atoms with Crippen LogP contribution in [0.25, 0.3) is 5.70 Å². The average Bonchev–Trinajstić information content (AvgIpc) is 2.89. The molecule has 3 aliphatic heterocycles. The molecule has 3 heterocycles. The van der Waals surface area contributed by atoms with E-state index in [4.69, 9.17) is 0 Å². The summed E-state index contributed by atoms with van der Waals surface area (Å²) < 4.78 is 0.170. The van der Waals surface area contributed by atoms with Gasteiger partial charge in [-0.25, -0.2) is 0 Å². The van der Waals surface area contributed by atoms with Gasteiger partial charge in [0.05, 0.1) is 35.1 Å². The number of fused-ring (bicyclic) bond motifs is 6. The number of hydrogen-bond acceptors (Lipinski definition) is 3. The van der Waals surface area contributed by atoms with Gasteiger partial charge in [-0.15, -0.1) is 23.5 Å². The third-order valence-corrected chi connectivity index (χ3v) is 9.03. The largest absolute Gasteiger partial charge is 0.304 e. The van der Waals surface area contributed by atoms with Crippen LogP contribution in [-0.4, -0.2) is 32.4 Å². The minimum absolute atomic E-state index is 0.170. The Morgan fingerprint density at radius 3 is 2.78 bits per heavy atom. The fourth-order valence-corrected chi connectivity index (χ4v) is 8.14.